The maximum absolute atomic E-state index is 11.5. The van der Waals surface area contributed by atoms with Gasteiger partial charge in [0.2, 0.25) is 10.0 Å². The number of hydrogen-bond donors (Lipinski definition) is 2. The molecule has 0 heterocycles. The van der Waals surface area contributed by atoms with E-state index in [4.69, 9.17) is 5.11 Å². The van der Waals surface area contributed by atoms with E-state index in [1.807, 2.05) is 30.3 Å². The highest BCUT2D eigenvalue weighted by Crippen LogP contribution is 2.01. The first kappa shape index (κ1) is 13.7. The molecule has 1 rings (SSSR count). The Balaban J connectivity index is 2.49. The largest absolute Gasteiger partial charge is 0.480 e. The van der Waals surface area contributed by atoms with Crippen LogP contribution in [0.2, 0.25) is 0 Å². The van der Waals surface area contributed by atoms with Crippen molar-refractivity contribution in [2.24, 2.45) is 0 Å². The van der Waals surface area contributed by atoms with Crippen LogP contribution in [-0.2, 0) is 21.2 Å². The summed E-state index contributed by atoms with van der Waals surface area (Å²) >= 11 is 0. The van der Waals surface area contributed by atoms with Crippen molar-refractivity contribution in [2.75, 3.05) is 6.54 Å². The summed E-state index contributed by atoms with van der Waals surface area (Å²) in [5.41, 5.74) is 0.998. The van der Waals surface area contributed by atoms with Crippen LogP contribution in [0.3, 0.4) is 0 Å². The van der Waals surface area contributed by atoms with Crippen LogP contribution >= 0.6 is 0 Å². The van der Waals surface area contributed by atoms with Crippen LogP contribution in [0.15, 0.2) is 30.3 Å². The topological polar surface area (TPSA) is 83.5 Å². The fraction of sp³-hybridized carbons (Fsp3) is 0.364. The summed E-state index contributed by atoms with van der Waals surface area (Å²) in [6.07, 6.45) is 0.534. The normalized spacial score (nSPS) is 13.2. The summed E-state index contributed by atoms with van der Waals surface area (Å²) in [6.45, 7) is 1.34. The predicted octanol–water partition coefficient (Wildman–Crippen LogP) is 0.622. The minimum Gasteiger partial charge on any atom is -0.480 e. The standard InChI is InChI=1S/C11H15NO4S/c1-9(11(13)14)17(15,16)12-8-7-10-5-3-2-4-6-10/h2-6,9,12H,7-8H2,1H3,(H,13,14). The molecule has 0 amide bonds. The molecule has 6 heteroatoms. The molecule has 0 bridgehead atoms. The Labute approximate surface area is 101 Å². The van der Waals surface area contributed by atoms with E-state index in [9.17, 15) is 13.2 Å². The Hall–Kier alpha value is -1.40. The molecule has 0 aromatic heterocycles. The number of benzene rings is 1. The van der Waals surface area contributed by atoms with Gasteiger partial charge < -0.3 is 5.11 Å². The molecule has 94 valence electrons. The van der Waals surface area contributed by atoms with Gasteiger partial charge in [-0.05, 0) is 18.9 Å². The highest BCUT2D eigenvalue weighted by molar-refractivity contribution is 7.90. The molecule has 0 radical (unpaired) electrons. The van der Waals surface area contributed by atoms with Crippen molar-refractivity contribution < 1.29 is 18.3 Å². The van der Waals surface area contributed by atoms with Gasteiger partial charge in [-0.25, -0.2) is 13.1 Å². The van der Waals surface area contributed by atoms with Crippen LogP contribution < -0.4 is 4.72 Å². The molecule has 0 saturated heterocycles. The second-order valence-electron chi connectivity index (χ2n) is 3.66. The molecule has 17 heavy (non-hydrogen) atoms. The number of nitrogens with one attached hydrogen (secondary N) is 1. The molecule has 0 spiro atoms. The number of rotatable bonds is 6. The molecule has 0 aliphatic carbocycles. The van der Waals surface area contributed by atoms with Crippen molar-refractivity contribution >= 4 is 16.0 Å². The zero-order chi connectivity index (χ0) is 12.9. The number of sulfonamides is 1. The summed E-state index contributed by atoms with van der Waals surface area (Å²) in [5, 5.41) is 7.18. The van der Waals surface area contributed by atoms with Gasteiger partial charge in [0, 0.05) is 6.54 Å². The maximum atomic E-state index is 11.5. The van der Waals surface area contributed by atoms with Crippen molar-refractivity contribution in [1.82, 2.24) is 4.72 Å². The number of carboxylic acids is 1. The fourth-order valence-electron chi connectivity index (χ4n) is 1.24. The molecule has 1 aromatic carbocycles. The lowest BCUT2D eigenvalue weighted by Crippen LogP contribution is -2.38. The van der Waals surface area contributed by atoms with Crippen molar-refractivity contribution in [1.29, 1.82) is 0 Å². The number of carboxylic acid groups (broad SMARTS) is 1. The van der Waals surface area contributed by atoms with Gasteiger partial charge in [-0.2, -0.15) is 0 Å². The monoisotopic (exact) mass is 257 g/mol. The van der Waals surface area contributed by atoms with E-state index in [0.29, 0.717) is 6.42 Å². The Morgan fingerprint density at radius 2 is 1.94 bits per heavy atom. The van der Waals surface area contributed by atoms with E-state index in [-0.39, 0.29) is 6.54 Å². The Bertz CT molecular complexity index is 470. The van der Waals surface area contributed by atoms with Gasteiger partial charge in [-0.3, -0.25) is 4.79 Å². The zero-order valence-corrected chi connectivity index (χ0v) is 10.3. The second kappa shape index (κ2) is 5.79. The quantitative estimate of drug-likeness (QED) is 0.782. The molecule has 0 saturated carbocycles. The molecular weight excluding hydrogens is 242 g/mol. The maximum Gasteiger partial charge on any atom is 0.323 e. The van der Waals surface area contributed by atoms with E-state index in [1.54, 1.807) is 0 Å². The SMILES string of the molecule is CC(C(=O)O)S(=O)(=O)NCCc1ccccc1. The fourth-order valence-corrected chi connectivity index (χ4v) is 2.14. The first-order chi connectivity index (χ1) is 7.93. The van der Waals surface area contributed by atoms with Crippen molar-refractivity contribution in [3.63, 3.8) is 0 Å². The average molecular weight is 257 g/mol. The minimum absolute atomic E-state index is 0.198. The van der Waals surface area contributed by atoms with Crippen LogP contribution in [0.25, 0.3) is 0 Å². The summed E-state index contributed by atoms with van der Waals surface area (Å²) in [5.74, 6) is -1.35. The predicted molar refractivity (Wildman–Crippen MR) is 64.2 cm³/mol. The van der Waals surface area contributed by atoms with Crippen LogP contribution in [-0.4, -0.2) is 31.3 Å². The number of aliphatic carboxylic acids is 1. The third-order valence-corrected chi connectivity index (χ3v) is 4.11. The molecule has 1 aromatic rings. The van der Waals surface area contributed by atoms with Gasteiger partial charge in [-0.1, -0.05) is 30.3 Å². The van der Waals surface area contributed by atoms with Gasteiger partial charge in [-0.15, -0.1) is 0 Å². The first-order valence-corrected chi connectivity index (χ1v) is 6.73. The van der Waals surface area contributed by atoms with E-state index >= 15 is 0 Å². The van der Waals surface area contributed by atoms with Crippen LogP contribution in [0.5, 0.6) is 0 Å². The van der Waals surface area contributed by atoms with Crippen LogP contribution in [0.1, 0.15) is 12.5 Å². The van der Waals surface area contributed by atoms with Crippen molar-refractivity contribution in [3.05, 3.63) is 35.9 Å². The van der Waals surface area contributed by atoms with Gasteiger partial charge >= 0.3 is 5.97 Å². The molecule has 1 unspecified atom stereocenters. The zero-order valence-electron chi connectivity index (χ0n) is 9.46. The molecule has 0 fully saturated rings. The van der Waals surface area contributed by atoms with Gasteiger partial charge in [0.1, 0.15) is 0 Å². The summed E-state index contributed by atoms with van der Waals surface area (Å²) in [4.78, 5) is 10.6. The Morgan fingerprint density at radius 3 is 2.47 bits per heavy atom. The molecule has 5 nitrogen and oxygen atoms in total. The van der Waals surface area contributed by atoms with Crippen molar-refractivity contribution in [2.45, 2.75) is 18.6 Å². The average Bonchev–Trinajstić information content (AvgIpc) is 2.29. The first-order valence-electron chi connectivity index (χ1n) is 5.18. The third-order valence-electron chi connectivity index (χ3n) is 2.37. The lowest BCUT2D eigenvalue weighted by molar-refractivity contribution is -0.136. The molecule has 1 atom stereocenters. The smallest absolute Gasteiger partial charge is 0.323 e. The van der Waals surface area contributed by atoms with E-state index in [1.165, 1.54) is 0 Å². The molecule has 0 aliphatic rings. The van der Waals surface area contributed by atoms with Gasteiger partial charge in [0.15, 0.2) is 5.25 Å². The lowest BCUT2D eigenvalue weighted by atomic mass is 10.2. The van der Waals surface area contributed by atoms with Crippen molar-refractivity contribution in [3.8, 4) is 0 Å². The Kier molecular flexibility index (Phi) is 4.65. The third kappa shape index (κ3) is 4.16. The number of hydrogen-bond acceptors (Lipinski definition) is 3. The minimum atomic E-state index is -3.78. The highest BCUT2D eigenvalue weighted by Gasteiger charge is 2.26. The van der Waals surface area contributed by atoms with Crippen LogP contribution in [0, 0.1) is 0 Å². The summed E-state index contributed by atoms with van der Waals surface area (Å²) in [6, 6.07) is 9.37. The Morgan fingerprint density at radius 1 is 1.35 bits per heavy atom. The van der Waals surface area contributed by atoms with Crippen LogP contribution in [0.4, 0.5) is 0 Å². The van der Waals surface area contributed by atoms with Gasteiger partial charge in [0.25, 0.3) is 0 Å². The highest BCUT2D eigenvalue weighted by atomic mass is 32.2. The van der Waals surface area contributed by atoms with E-state index in [0.717, 1.165) is 12.5 Å². The van der Waals surface area contributed by atoms with E-state index < -0.39 is 21.2 Å². The molecular formula is C11H15NO4S. The van der Waals surface area contributed by atoms with E-state index in [2.05, 4.69) is 4.72 Å². The molecule has 0 aliphatic heterocycles. The molecule has 2 N–H and O–H groups in total. The summed E-state index contributed by atoms with van der Waals surface area (Å²) in [7, 11) is -3.78. The summed E-state index contributed by atoms with van der Waals surface area (Å²) < 4.78 is 25.2. The van der Waals surface area contributed by atoms with Gasteiger partial charge in [0.05, 0.1) is 0 Å². The second-order valence-corrected chi connectivity index (χ2v) is 5.74. The number of carbonyl (C=O) groups is 1. The lowest BCUT2D eigenvalue weighted by Gasteiger charge is -2.09.